The molecule has 7 nitrogen and oxygen atoms in total. The Labute approximate surface area is 122 Å². The summed E-state index contributed by atoms with van der Waals surface area (Å²) >= 11 is 0. The van der Waals surface area contributed by atoms with Crippen LogP contribution in [0.1, 0.15) is 0 Å². The van der Waals surface area contributed by atoms with E-state index in [1.807, 2.05) is 0 Å². The summed E-state index contributed by atoms with van der Waals surface area (Å²) in [6.45, 7) is -1.99. The Morgan fingerprint density at radius 1 is 1.00 bits per heavy atom. The van der Waals surface area contributed by atoms with E-state index in [9.17, 15) is 19.5 Å². The van der Waals surface area contributed by atoms with E-state index in [0.717, 1.165) is 4.90 Å². The second-order valence-corrected chi connectivity index (χ2v) is 2.30. The van der Waals surface area contributed by atoms with E-state index in [1.165, 1.54) is 0 Å². The molecule has 0 spiro atoms. The van der Waals surface area contributed by atoms with Gasteiger partial charge in [0, 0.05) is 6.54 Å². The third-order valence-electron chi connectivity index (χ3n) is 1.07. The van der Waals surface area contributed by atoms with Gasteiger partial charge in [0.25, 0.3) is 0 Å². The molecule has 0 aromatic carbocycles. The van der Waals surface area contributed by atoms with E-state index in [1.54, 1.807) is 0 Å². The summed E-state index contributed by atoms with van der Waals surface area (Å²) < 4.78 is 0. The van der Waals surface area contributed by atoms with Crippen molar-refractivity contribution in [3.63, 3.8) is 0 Å². The summed E-state index contributed by atoms with van der Waals surface area (Å²) in [7, 11) is 0. The van der Waals surface area contributed by atoms with Gasteiger partial charge in [-0.15, -0.1) is 0 Å². The number of nitrogens with zero attached hydrogens (tertiary/aromatic N) is 1. The zero-order chi connectivity index (χ0) is 10.4. The minimum absolute atomic E-state index is 0. The fraction of sp³-hybridized carbons (Fsp3) is 0.500. The first kappa shape index (κ1) is 16.4. The molecule has 0 bridgehead atoms. The second-order valence-electron chi connectivity index (χ2n) is 2.30. The predicted octanol–water partition coefficient (Wildman–Crippen LogP) is -5.79. The first-order valence-corrected chi connectivity index (χ1v) is 3.27. The summed E-state index contributed by atoms with van der Waals surface area (Å²) in [5.41, 5.74) is 0. The third-order valence-corrected chi connectivity index (χ3v) is 1.07. The van der Waals surface area contributed by atoms with E-state index < -0.39 is 37.5 Å². The van der Waals surface area contributed by atoms with Gasteiger partial charge in [-0.2, -0.15) is 0 Å². The van der Waals surface area contributed by atoms with Crippen LogP contribution in [0.4, 0.5) is 0 Å². The number of carbonyl (C=O) groups excluding carboxylic acids is 1. The molecule has 14 heavy (non-hydrogen) atoms. The molecule has 0 aliphatic carbocycles. The maximum atomic E-state index is 10.1. The van der Waals surface area contributed by atoms with Crippen molar-refractivity contribution < 1.29 is 81.1 Å². The number of aliphatic carboxylic acids is 3. The molecule has 0 aliphatic heterocycles. The van der Waals surface area contributed by atoms with Crippen LogP contribution in [0.15, 0.2) is 0 Å². The van der Waals surface area contributed by atoms with Crippen LogP contribution in [-0.2, 0) is 14.4 Å². The summed E-state index contributed by atoms with van der Waals surface area (Å²) in [4.78, 5) is 31.0. The molecule has 0 fully saturated rings. The van der Waals surface area contributed by atoms with Crippen LogP contribution in [0, 0.1) is 0 Å². The Morgan fingerprint density at radius 3 is 1.57 bits per heavy atom. The number of hydrogen-bond donors (Lipinski definition) is 2. The van der Waals surface area contributed by atoms with Crippen molar-refractivity contribution in [1.82, 2.24) is 4.90 Å². The fourth-order valence-corrected chi connectivity index (χ4v) is 0.733. The molecule has 0 saturated carbocycles. The standard InChI is InChI=1S/C6H9NO6.K/c8-4(9)1-7(2-5(10)11)3-6(12)13;/h1-3H2,(H,8,9)(H,10,11)(H,12,13);/q;+1/p-1. The first-order valence-electron chi connectivity index (χ1n) is 3.27. The molecule has 0 atom stereocenters. The Balaban J connectivity index is 0. The van der Waals surface area contributed by atoms with E-state index >= 15 is 0 Å². The molecule has 0 heterocycles. The molecule has 8 heteroatoms. The number of hydrogen-bond acceptors (Lipinski definition) is 5. The van der Waals surface area contributed by atoms with Crippen LogP contribution in [-0.4, -0.2) is 52.7 Å². The van der Waals surface area contributed by atoms with Crippen molar-refractivity contribution in [1.29, 1.82) is 0 Å². The molecular weight excluding hydrogens is 221 g/mol. The van der Waals surface area contributed by atoms with Crippen LogP contribution in [0.5, 0.6) is 0 Å². The Kier molecular flexibility index (Phi) is 9.77. The summed E-state index contributed by atoms with van der Waals surface area (Å²) in [6.07, 6.45) is 0. The van der Waals surface area contributed by atoms with Crippen molar-refractivity contribution in [2.24, 2.45) is 0 Å². The first-order chi connectivity index (χ1) is 5.91. The molecule has 0 aliphatic rings. The minimum Gasteiger partial charge on any atom is -0.549 e. The van der Waals surface area contributed by atoms with Gasteiger partial charge in [-0.05, 0) is 0 Å². The quantitative estimate of drug-likeness (QED) is 0.435. The molecule has 2 N–H and O–H groups in total. The van der Waals surface area contributed by atoms with Gasteiger partial charge >= 0.3 is 63.3 Å². The number of rotatable bonds is 6. The molecule has 0 aromatic rings. The number of carboxylic acid groups (broad SMARTS) is 3. The SMILES string of the molecule is O=C([O-])CN(CC(=O)O)CC(=O)O.[K+]. The number of carbonyl (C=O) groups is 3. The van der Waals surface area contributed by atoms with E-state index in [4.69, 9.17) is 10.2 Å². The normalized spacial score (nSPS) is 9.21. The van der Waals surface area contributed by atoms with Gasteiger partial charge in [0.15, 0.2) is 0 Å². The van der Waals surface area contributed by atoms with E-state index in [0.29, 0.717) is 0 Å². The Morgan fingerprint density at radius 2 is 1.36 bits per heavy atom. The average Bonchev–Trinajstić information content (AvgIpc) is 1.80. The maximum Gasteiger partial charge on any atom is 1.00 e. The molecule has 0 rings (SSSR count). The third kappa shape index (κ3) is 10.1. The van der Waals surface area contributed by atoms with Crippen molar-refractivity contribution in [3.8, 4) is 0 Å². The van der Waals surface area contributed by atoms with Crippen LogP contribution in [0.25, 0.3) is 0 Å². The van der Waals surface area contributed by atoms with Crippen molar-refractivity contribution in [2.45, 2.75) is 0 Å². The van der Waals surface area contributed by atoms with Gasteiger partial charge in [-0.25, -0.2) is 0 Å². The van der Waals surface area contributed by atoms with Crippen LogP contribution in [0.3, 0.4) is 0 Å². The average molecular weight is 229 g/mol. The molecule has 74 valence electrons. The van der Waals surface area contributed by atoms with Crippen molar-refractivity contribution in [3.05, 3.63) is 0 Å². The van der Waals surface area contributed by atoms with Gasteiger partial charge in [0.1, 0.15) is 0 Å². The van der Waals surface area contributed by atoms with Gasteiger partial charge < -0.3 is 20.1 Å². The monoisotopic (exact) mass is 229 g/mol. The second kappa shape index (κ2) is 8.33. The zero-order valence-electron chi connectivity index (χ0n) is 7.60. The summed E-state index contributed by atoms with van der Waals surface area (Å²) in [6, 6.07) is 0. The number of carboxylic acids is 3. The van der Waals surface area contributed by atoms with Crippen molar-refractivity contribution in [2.75, 3.05) is 19.6 Å². The van der Waals surface area contributed by atoms with Crippen LogP contribution >= 0.6 is 0 Å². The topological polar surface area (TPSA) is 118 Å². The van der Waals surface area contributed by atoms with Crippen LogP contribution < -0.4 is 56.5 Å². The van der Waals surface area contributed by atoms with Gasteiger partial charge in [0.2, 0.25) is 0 Å². The maximum absolute atomic E-state index is 10.1. The Hall–Kier alpha value is 0.00636. The fourth-order valence-electron chi connectivity index (χ4n) is 0.733. The smallest absolute Gasteiger partial charge is 0.549 e. The molecule has 0 saturated heterocycles. The zero-order valence-corrected chi connectivity index (χ0v) is 10.7. The van der Waals surface area contributed by atoms with Gasteiger partial charge in [-0.1, -0.05) is 0 Å². The Bertz CT molecular complexity index is 192. The van der Waals surface area contributed by atoms with Crippen molar-refractivity contribution >= 4 is 17.9 Å². The molecular formula is C6H8KNO6. The predicted molar refractivity (Wildman–Crippen MR) is 36.7 cm³/mol. The van der Waals surface area contributed by atoms with Gasteiger partial charge in [0.05, 0.1) is 19.1 Å². The summed E-state index contributed by atoms with van der Waals surface area (Å²) in [5.74, 6) is -4.09. The van der Waals surface area contributed by atoms with Gasteiger partial charge in [-0.3, -0.25) is 14.5 Å². The summed E-state index contributed by atoms with van der Waals surface area (Å²) in [5, 5.41) is 26.6. The minimum atomic E-state index is -1.51. The molecule has 0 radical (unpaired) electrons. The molecule has 0 unspecified atom stereocenters. The van der Waals surface area contributed by atoms with Crippen LogP contribution in [0.2, 0.25) is 0 Å². The largest absolute Gasteiger partial charge is 1.00 e. The van der Waals surface area contributed by atoms with E-state index in [2.05, 4.69) is 0 Å². The van der Waals surface area contributed by atoms with E-state index in [-0.39, 0.29) is 51.4 Å². The molecule has 0 aromatic heterocycles. The molecule has 0 amide bonds.